The Hall–Kier alpha value is -1.03. The highest BCUT2D eigenvalue weighted by Crippen LogP contribution is 2.26. The van der Waals surface area contributed by atoms with E-state index in [0.717, 1.165) is 30.7 Å². The summed E-state index contributed by atoms with van der Waals surface area (Å²) in [5.74, 6) is 0.819. The Morgan fingerprint density at radius 1 is 1.44 bits per heavy atom. The summed E-state index contributed by atoms with van der Waals surface area (Å²) >= 11 is 0. The highest BCUT2D eigenvalue weighted by atomic mass is 16.4. The molecular weight excluding hydrogens is 226 g/mol. The van der Waals surface area contributed by atoms with Gasteiger partial charge in [-0.1, -0.05) is 26.7 Å². The predicted molar refractivity (Wildman–Crippen MR) is 73.7 cm³/mol. The lowest BCUT2D eigenvalue weighted by Crippen LogP contribution is -2.24. The largest absolute Gasteiger partial charge is 0.432 e. The second kappa shape index (κ2) is 6.23. The molecule has 4 heteroatoms. The summed E-state index contributed by atoms with van der Waals surface area (Å²) < 4.78 is 5.54. The molecule has 1 aromatic rings. The Bertz CT molecular complexity index is 356. The number of nitrogens with zero attached hydrogens (tertiary/aromatic N) is 2. The summed E-state index contributed by atoms with van der Waals surface area (Å²) in [6, 6.07) is 1.23. The monoisotopic (exact) mass is 251 g/mol. The summed E-state index contributed by atoms with van der Waals surface area (Å²) in [5.41, 5.74) is 0.983. The summed E-state index contributed by atoms with van der Waals surface area (Å²) in [6.07, 6.45) is 7.23. The number of nitrogens with one attached hydrogen (secondary N) is 1. The van der Waals surface area contributed by atoms with Gasteiger partial charge in [0, 0.05) is 26.2 Å². The maximum Gasteiger partial charge on any atom is 0.297 e. The summed E-state index contributed by atoms with van der Waals surface area (Å²) in [4.78, 5) is 6.67. The van der Waals surface area contributed by atoms with Crippen LogP contribution in [0.5, 0.6) is 0 Å². The Morgan fingerprint density at radius 2 is 2.17 bits per heavy atom. The van der Waals surface area contributed by atoms with Gasteiger partial charge >= 0.3 is 0 Å². The maximum atomic E-state index is 5.54. The summed E-state index contributed by atoms with van der Waals surface area (Å²) in [5, 5.41) is 3.35. The van der Waals surface area contributed by atoms with Crippen molar-refractivity contribution in [1.29, 1.82) is 0 Å². The zero-order valence-electron chi connectivity index (χ0n) is 11.8. The molecule has 2 rings (SSSR count). The molecule has 1 fully saturated rings. The molecule has 4 nitrogen and oxygen atoms in total. The summed E-state index contributed by atoms with van der Waals surface area (Å²) in [7, 11) is 2.07. The molecular formula is C14H25N3O. The molecule has 0 saturated heterocycles. The van der Waals surface area contributed by atoms with Crippen molar-refractivity contribution in [3.05, 3.63) is 12.0 Å². The quantitative estimate of drug-likeness (QED) is 0.844. The zero-order chi connectivity index (χ0) is 13.0. The van der Waals surface area contributed by atoms with E-state index in [0.29, 0.717) is 6.04 Å². The van der Waals surface area contributed by atoms with Gasteiger partial charge in [-0.15, -0.1) is 0 Å². The topological polar surface area (TPSA) is 41.3 Å². The Morgan fingerprint density at radius 3 is 2.83 bits per heavy atom. The van der Waals surface area contributed by atoms with Crippen LogP contribution in [0.1, 0.15) is 45.2 Å². The molecule has 1 aliphatic carbocycles. The Balaban J connectivity index is 1.84. The van der Waals surface area contributed by atoms with Crippen molar-refractivity contribution in [3.8, 4) is 0 Å². The fourth-order valence-corrected chi connectivity index (χ4v) is 2.52. The molecule has 1 aliphatic rings. The van der Waals surface area contributed by atoms with E-state index in [1.54, 1.807) is 6.26 Å². The van der Waals surface area contributed by atoms with E-state index in [2.05, 4.69) is 36.1 Å². The minimum absolute atomic E-state index is 0.473. The van der Waals surface area contributed by atoms with Crippen molar-refractivity contribution in [2.45, 2.75) is 52.1 Å². The van der Waals surface area contributed by atoms with Gasteiger partial charge < -0.3 is 14.6 Å². The standard InChI is InChI=1S/C14H25N3O/c1-11(2)15-8-13-10-18-14(16-13)17(3)9-12-6-4-5-7-12/h10-12,15H,4-9H2,1-3H3. The molecule has 1 aromatic heterocycles. The minimum Gasteiger partial charge on any atom is -0.432 e. The SMILES string of the molecule is CC(C)NCc1coc(N(C)CC2CCCC2)n1. The number of aromatic nitrogens is 1. The van der Waals surface area contributed by atoms with E-state index in [1.165, 1.54) is 25.7 Å². The van der Waals surface area contributed by atoms with E-state index in [9.17, 15) is 0 Å². The van der Waals surface area contributed by atoms with Crippen LogP contribution >= 0.6 is 0 Å². The second-order valence-corrected chi connectivity index (χ2v) is 5.69. The van der Waals surface area contributed by atoms with Gasteiger partial charge in [0.2, 0.25) is 0 Å². The van der Waals surface area contributed by atoms with Gasteiger partial charge in [-0.3, -0.25) is 0 Å². The third-order valence-corrected chi connectivity index (χ3v) is 3.56. The number of hydrogen-bond acceptors (Lipinski definition) is 4. The van der Waals surface area contributed by atoms with Gasteiger partial charge in [-0.05, 0) is 18.8 Å². The van der Waals surface area contributed by atoms with Crippen molar-refractivity contribution < 1.29 is 4.42 Å². The molecule has 0 radical (unpaired) electrons. The second-order valence-electron chi connectivity index (χ2n) is 5.69. The van der Waals surface area contributed by atoms with Crippen molar-refractivity contribution in [3.63, 3.8) is 0 Å². The van der Waals surface area contributed by atoms with E-state index in [-0.39, 0.29) is 0 Å². The predicted octanol–water partition coefficient (Wildman–Crippen LogP) is 2.80. The van der Waals surface area contributed by atoms with Crippen molar-refractivity contribution >= 4 is 6.01 Å². The van der Waals surface area contributed by atoms with Crippen molar-refractivity contribution in [1.82, 2.24) is 10.3 Å². The van der Waals surface area contributed by atoms with Crippen molar-refractivity contribution in [2.75, 3.05) is 18.5 Å². The molecule has 0 atom stereocenters. The van der Waals surface area contributed by atoms with Crippen LogP contribution in [0.25, 0.3) is 0 Å². The van der Waals surface area contributed by atoms with Crippen LogP contribution < -0.4 is 10.2 Å². The first kappa shape index (κ1) is 13.4. The molecule has 0 amide bonds. The van der Waals surface area contributed by atoms with Gasteiger partial charge in [0.05, 0.1) is 5.69 Å². The average molecular weight is 251 g/mol. The first-order valence-corrected chi connectivity index (χ1v) is 7.04. The minimum atomic E-state index is 0.473. The number of anilines is 1. The lowest BCUT2D eigenvalue weighted by Gasteiger charge is -2.18. The van der Waals surface area contributed by atoms with E-state index in [4.69, 9.17) is 4.42 Å². The van der Waals surface area contributed by atoms with Crippen molar-refractivity contribution in [2.24, 2.45) is 5.92 Å². The van der Waals surface area contributed by atoms with Crippen LogP contribution in [0, 0.1) is 5.92 Å². The molecule has 0 spiro atoms. The summed E-state index contributed by atoms with van der Waals surface area (Å²) in [6.45, 7) is 6.11. The smallest absolute Gasteiger partial charge is 0.297 e. The molecule has 1 heterocycles. The van der Waals surface area contributed by atoms with Crippen LogP contribution in [-0.2, 0) is 6.54 Å². The Labute approximate surface area is 110 Å². The lowest BCUT2D eigenvalue weighted by atomic mass is 10.1. The van der Waals surface area contributed by atoms with E-state index >= 15 is 0 Å². The molecule has 0 aromatic carbocycles. The fourth-order valence-electron chi connectivity index (χ4n) is 2.52. The van der Waals surface area contributed by atoms with Gasteiger partial charge in [-0.2, -0.15) is 4.98 Å². The van der Waals surface area contributed by atoms with Gasteiger partial charge in [0.25, 0.3) is 6.01 Å². The average Bonchev–Trinajstić information content (AvgIpc) is 2.96. The lowest BCUT2D eigenvalue weighted by molar-refractivity contribution is 0.495. The van der Waals surface area contributed by atoms with Gasteiger partial charge in [0.15, 0.2) is 0 Å². The normalized spacial score (nSPS) is 16.7. The molecule has 0 bridgehead atoms. The highest BCUT2D eigenvalue weighted by molar-refractivity contribution is 5.25. The molecule has 0 aliphatic heterocycles. The molecule has 102 valence electrons. The number of oxazole rings is 1. The van der Waals surface area contributed by atoms with Gasteiger partial charge in [-0.25, -0.2) is 0 Å². The van der Waals surface area contributed by atoms with Crippen LogP contribution in [0.3, 0.4) is 0 Å². The third kappa shape index (κ3) is 3.73. The van der Waals surface area contributed by atoms with E-state index in [1.807, 2.05) is 0 Å². The zero-order valence-corrected chi connectivity index (χ0v) is 11.8. The molecule has 0 unspecified atom stereocenters. The fraction of sp³-hybridized carbons (Fsp3) is 0.786. The van der Waals surface area contributed by atoms with Crippen LogP contribution in [0.15, 0.2) is 10.7 Å². The molecule has 1 saturated carbocycles. The highest BCUT2D eigenvalue weighted by Gasteiger charge is 2.19. The number of hydrogen-bond donors (Lipinski definition) is 1. The van der Waals surface area contributed by atoms with Gasteiger partial charge in [0.1, 0.15) is 6.26 Å². The van der Waals surface area contributed by atoms with Crippen LogP contribution in [-0.4, -0.2) is 24.6 Å². The molecule has 1 N–H and O–H groups in total. The molecule has 18 heavy (non-hydrogen) atoms. The first-order valence-electron chi connectivity index (χ1n) is 7.04. The van der Waals surface area contributed by atoms with Crippen LogP contribution in [0.2, 0.25) is 0 Å². The first-order chi connectivity index (χ1) is 8.65. The Kier molecular flexibility index (Phi) is 4.64. The number of rotatable bonds is 6. The van der Waals surface area contributed by atoms with E-state index < -0.39 is 0 Å². The maximum absolute atomic E-state index is 5.54. The van der Waals surface area contributed by atoms with Crippen LogP contribution in [0.4, 0.5) is 6.01 Å². The third-order valence-electron chi connectivity index (χ3n) is 3.56.